The molecule has 1 saturated heterocycles. The molecular weight excluding hydrogens is 362 g/mol. The predicted octanol–water partition coefficient (Wildman–Crippen LogP) is 2.45. The Morgan fingerprint density at radius 2 is 2.00 bits per heavy atom. The average Bonchev–Trinajstić information content (AvgIpc) is 3.35. The number of amides is 1. The lowest BCUT2D eigenvalue weighted by Crippen LogP contribution is -2.37. The number of fused-ring (bicyclic) bond motifs is 1. The van der Waals surface area contributed by atoms with Crippen molar-refractivity contribution in [3.63, 3.8) is 0 Å². The summed E-state index contributed by atoms with van der Waals surface area (Å²) >= 11 is 1.42. The summed E-state index contributed by atoms with van der Waals surface area (Å²) in [6, 6.07) is 0.324. The lowest BCUT2D eigenvalue weighted by molar-refractivity contribution is -0.119. The van der Waals surface area contributed by atoms with Gasteiger partial charge in [-0.15, -0.1) is 0 Å². The monoisotopic (exact) mass is 391 g/mol. The van der Waals surface area contributed by atoms with Crippen molar-refractivity contribution in [2.75, 3.05) is 12.4 Å². The van der Waals surface area contributed by atoms with Gasteiger partial charge >= 0.3 is 5.69 Å². The van der Waals surface area contributed by atoms with Crippen molar-refractivity contribution in [2.45, 2.75) is 87.9 Å². The minimum Gasteiger partial charge on any atom is -0.376 e. The summed E-state index contributed by atoms with van der Waals surface area (Å²) in [5, 5.41) is 3.90. The minimum absolute atomic E-state index is 0.0592. The van der Waals surface area contributed by atoms with Crippen LogP contribution in [0.3, 0.4) is 0 Å². The van der Waals surface area contributed by atoms with Crippen molar-refractivity contribution < 1.29 is 9.53 Å². The lowest BCUT2D eigenvalue weighted by atomic mass is 9.95. The van der Waals surface area contributed by atoms with Gasteiger partial charge in [0.1, 0.15) is 5.03 Å². The zero-order valence-corrected chi connectivity index (χ0v) is 16.7. The molecule has 1 saturated carbocycles. The second-order valence-electron chi connectivity index (χ2n) is 7.92. The molecule has 3 aliphatic rings. The summed E-state index contributed by atoms with van der Waals surface area (Å²) in [7, 11) is 0. The highest BCUT2D eigenvalue weighted by atomic mass is 32.2. The Hall–Kier alpha value is -1.34. The standard InChI is InChI=1S/C20H29N3O3S/c24-18(21-14-6-2-1-3-7-14)13-27-19-16-9-4-10-17(16)23(20(25)22-19)12-15-8-5-11-26-15/h14-15H,1-13H2,(H,21,24)/t15-/m1/s1. The van der Waals surface area contributed by atoms with Crippen LogP contribution in [-0.2, 0) is 28.9 Å². The highest BCUT2D eigenvalue weighted by Gasteiger charge is 2.25. The van der Waals surface area contributed by atoms with Gasteiger partial charge in [0.2, 0.25) is 5.91 Å². The molecule has 2 heterocycles. The molecule has 1 atom stereocenters. The van der Waals surface area contributed by atoms with Crippen LogP contribution in [0.25, 0.3) is 0 Å². The van der Waals surface area contributed by atoms with Gasteiger partial charge < -0.3 is 10.1 Å². The fourth-order valence-corrected chi connectivity index (χ4v) is 5.42. The van der Waals surface area contributed by atoms with Crippen LogP contribution in [0.4, 0.5) is 0 Å². The number of thioether (sulfide) groups is 1. The molecule has 1 aromatic heterocycles. The number of nitrogens with one attached hydrogen (secondary N) is 1. The van der Waals surface area contributed by atoms with Gasteiger partial charge in [0.25, 0.3) is 0 Å². The summed E-state index contributed by atoms with van der Waals surface area (Å²) in [6.07, 6.45) is 11.0. The second-order valence-corrected chi connectivity index (χ2v) is 8.88. The third kappa shape index (κ3) is 4.57. The number of ether oxygens (including phenoxy) is 1. The van der Waals surface area contributed by atoms with Crippen LogP contribution in [0, 0.1) is 0 Å². The Labute approximate surface area is 164 Å². The van der Waals surface area contributed by atoms with Gasteiger partial charge in [0.15, 0.2) is 0 Å². The molecule has 0 unspecified atom stereocenters. The van der Waals surface area contributed by atoms with Gasteiger partial charge in [0.05, 0.1) is 18.4 Å². The summed E-state index contributed by atoms with van der Waals surface area (Å²) in [6.45, 7) is 1.40. The fourth-order valence-electron chi connectivity index (χ4n) is 4.54. The van der Waals surface area contributed by atoms with Crippen molar-refractivity contribution in [1.82, 2.24) is 14.9 Å². The molecule has 4 rings (SSSR count). The van der Waals surface area contributed by atoms with E-state index in [0.29, 0.717) is 18.3 Å². The molecule has 0 aromatic carbocycles. The van der Waals surface area contributed by atoms with E-state index in [0.717, 1.165) is 62.3 Å². The van der Waals surface area contributed by atoms with E-state index < -0.39 is 0 Å². The molecule has 6 nitrogen and oxygen atoms in total. The van der Waals surface area contributed by atoms with Crippen LogP contribution in [0.5, 0.6) is 0 Å². The van der Waals surface area contributed by atoms with E-state index >= 15 is 0 Å². The van der Waals surface area contributed by atoms with Gasteiger partial charge in [-0.25, -0.2) is 4.79 Å². The number of rotatable bonds is 6. The summed E-state index contributed by atoms with van der Waals surface area (Å²) < 4.78 is 7.53. The van der Waals surface area contributed by atoms with Crippen LogP contribution >= 0.6 is 11.8 Å². The number of carbonyl (C=O) groups is 1. The van der Waals surface area contributed by atoms with Crippen molar-refractivity contribution in [3.05, 3.63) is 21.7 Å². The van der Waals surface area contributed by atoms with E-state index in [1.807, 2.05) is 4.57 Å². The maximum Gasteiger partial charge on any atom is 0.348 e. The van der Waals surface area contributed by atoms with Gasteiger partial charge in [-0.3, -0.25) is 9.36 Å². The highest BCUT2D eigenvalue weighted by Crippen LogP contribution is 2.30. The van der Waals surface area contributed by atoms with E-state index in [-0.39, 0.29) is 17.7 Å². The smallest absolute Gasteiger partial charge is 0.348 e. The van der Waals surface area contributed by atoms with Crippen LogP contribution in [0.15, 0.2) is 9.82 Å². The maximum atomic E-state index is 12.6. The molecule has 0 radical (unpaired) electrons. The quantitative estimate of drug-likeness (QED) is 0.596. The molecule has 1 aromatic rings. The first-order chi connectivity index (χ1) is 13.2. The Balaban J connectivity index is 1.42. The van der Waals surface area contributed by atoms with E-state index in [4.69, 9.17) is 4.74 Å². The molecule has 1 amide bonds. The minimum atomic E-state index is -0.193. The molecule has 2 fully saturated rings. The first-order valence-electron chi connectivity index (χ1n) is 10.4. The Bertz CT molecular complexity index is 737. The Kier molecular flexibility index (Phi) is 6.18. The highest BCUT2D eigenvalue weighted by molar-refractivity contribution is 7.99. The molecule has 0 bridgehead atoms. The number of aromatic nitrogens is 2. The van der Waals surface area contributed by atoms with Gasteiger partial charge in [0, 0.05) is 23.9 Å². The molecule has 27 heavy (non-hydrogen) atoms. The first-order valence-corrected chi connectivity index (χ1v) is 11.4. The zero-order chi connectivity index (χ0) is 18.6. The summed E-state index contributed by atoms with van der Waals surface area (Å²) in [5.41, 5.74) is 2.09. The van der Waals surface area contributed by atoms with Gasteiger partial charge in [-0.1, -0.05) is 31.0 Å². The Morgan fingerprint density at radius 3 is 2.78 bits per heavy atom. The van der Waals surface area contributed by atoms with E-state index in [9.17, 15) is 9.59 Å². The molecule has 7 heteroatoms. The lowest BCUT2D eigenvalue weighted by Gasteiger charge is -2.22. The number of hydrogen-bond donors (Lipinski definition) is 1. The molecule has 2 aliphatic carbocycles. The van der Waals surface area contributed by atoms with Crippen molar-refractivity contribution in [1.29, 1.82) is 0 Å². The van der Waals surface area contributed by atoms with Crippen LogP contribution in [0.1, 0.15) is 62.6 Å². The number of nitrogens with zero attached hydrogens (tertiary/aromatic N) is 2. The van der Waals surface area contributed by atoms with Crippen LogP contribution in [-0.4, -0.2) is 40.0 Å². The largest absolute Gasteiger partial charge is 0.376 e. The molecule has 1 N–H and O–H groups in total. The van der Waals surface area contributed by atoms with Crippen LogP contribution < -0.4 is 11.0 Å². The summed E-state index contributed by atoms with van der Waals surface area (Å²) in [5.74, 6) is 0.398. The maximum absolute atomic E-state index is 12.6. The molecule has 148 valence electrons. The van der Waals surface area contributed by atoms with Crippen molar-refractivity contribution in [3.8, 4) is 0 Å². The van der Waals surface area contributed by atoms with Crippen molar-refractivity contribution in [2.24, 2.45) is 0 Å². The van der Waals surface area contributed by atoms with Gasteiger partial charge in [-0.2, -0.15) is 4.98 Å². The third-order valence-electron chi connectivity index (χ3n) is 5.92. The van der Waals surface area contributed by atoms with Gasteiger partial charge in [-0.05, 0) is 44.9 Å². The topological polar surface area (TPSA) is 73.2 Å². The average molecular weight is 392 g/mol. The predicted molar refractivity (Wildman–Crippen MR) is 105 cm³/mol. The first kappa shape index (κ1) is 19.0. The van der Waals surface area contributed by atoms with Crippen LogP contribution in [0.2, 0.25) is 0 Å². The Morgan fingerprint density at radius 1 is 1.15 bits per heavy atom. The summed E-state index contributed by atoms with van der Waals surface area (Å²) in [4.78, 5) is 29.3. The SMILES string of the molecule is O=C(CSc1nc(=O)n(C[C@H]2CCCO2)c2c1CCC2)NC1CCCCC1. The van der Waals surface area contributed by atoms with E-state index in [1.54, 1.807) is 0 Å². The van der Waals surface area contributed by atoms with Crippen molar-refractivity contribution >= 4 is 17.7 Å². The van der Waals surface area contributed by atoms with E-state index in [1.165, 1.54) is 36.6 Å². The molecule has 0 spiro atoms. The third-order valence-corrected chi connectivity index (χ3v) is 6.94. The fraction of sp³-hybridized carbons (Fsp3) is 0.750. The molecular formula is C20H29N3O3S. The zero-order valence-electron chi connectivity index (χ0n) is 15.9. The second kappa shape index (κ2) is 8.78. The number of carbonyl (C=O) groups excluding carboxylic acids is 1. The van der Waals surface area contributed by atoms with E-state index in [2.05, 4.69) is 10.3 Å². The normalized spacial score (nSPS) is 22.7. The molecule has 1 aliphatic heterocycles. The number of hydrogen-bond acceptors (Lipinski definition) is 5.